The van der Waals surface area contributed by atoms with Crippen LogP contribution in [0.15, 0.2) is 42.5 Å². The minimum absolute atomic E-state index is 0.0180. The lowest BCUT2D eigenvalue weighted by Gasteiger charge is -2.30. The summed E-state index contributed by atoms with van der Waals surface area (Å²) in [7, 11) is 2.97. The SMILES string of the molecule is C=CCC1=C[C@]2(OC)C(=O)[C@H](C1=O)[C@H](c1ccc(O)c(OC)c1)[C@@H]2C. The molecule has 0 spiro atoms. The van der Waals surface area contributed by atoms with Crippen molar-refractivity contribution in [2.24, 2.45) is 11.8 Å². The summed E-state index contributed by atoms with van der Waals surface area (Å²) in [6.45, 7) is 5.62. The maximum Gasteiger partial charge on any atom is 0.180 e. The normalized spacial score (nSPS) is 31.0. The molecule has 2 aliphatic carbocycles. The van der Waals surface area contributed by atoms with E-state index in [1.807, 2.05) is 6.92 Å². The number of hydrogen-bond donors (Lipinski definition) is 1. The fourth-order valence-corrected chi connectivity index (χ4v) is 4.24. The van der Waals surface area contributed by atoms with Gasteiger partial charge in [0.05, 0.1) is 13.0 Å². The zero-order valence-electron chi connectivity index (χ0n) is 14.6. The van der Waals surface area contributed by atoms with Crippen molar-refractivity contribution in [2.75, 3.05) is 14.2 Å². The van der Waals surface area contributed by atoms with Crippen molar-refractivity contribution in [3.63, 3.8) is 0 Å². The van der Waals surface area contributed by atoms with Gasteiger partial charge in [0.15, 0.2) is 23.1 Å². The molecular weight excluding hydrogens is 320 g/mol. The highest BCUT2D eigenvalue weighted by Crippen LogP contribution is 2.54. The first-order valence-corrected chi connectivity index (χ1v) is 8.24. The summed E-state index contributed by atoms with van der Waals surface area (Å²) >= 11 is 0. The average molecular weight is 342 g/mol. The van der Waals surface area contributed by atoms with Crippen molar-refractivity contribution in [3.8, 4) is 11.5 Å². The maximum absolute atomic E-state index is 13.0. The number of carbonyl (C=O) groups is 2. The van der Waals surface area contributed by atoms with Gasteiger partial charge in [0, 0.05) is 18.9 Å². The molecule has 5 nitrogen and oxygen atoms in total. The lowest BCUT2D eigenvalue weighted by molar-refractivity contribution is -0.141. The molecule has 3 rings (SSSR count). The first-order valence-electron chi connectivity index (χ1n) is 8.24. The topological polar surface area (TPSA) is 72.8 Å². The molecule has 1 aromatic carbocycles. The highest BCUT2D eigenvalue weighted by Gasteiger charge is 2.63. The predicted octanol–water partition coefficient (Wildman–Crippen LogP) is 2.79. The van der Waals surface area contributed by atoms with Gasteiger partial charge in [-0.3, -0.25) is 9.59 Å². The van der Waals surface area contributed by atoms with Gasteiger partial charge in [-0.1, -0.05) is 19.1 Å². The van der Waals surface area contributed by atoms with Gasteiger partial charge in [-0.2, -0.15) is 0 Å². The molecule has 0 unspecified atom stereocenters. The molecule has 4 atom stereocenters. The molecule has 132 valence electrons. The molecule has 0 amide bonds. The standard InChI is InChI=1S/C20H22O5/c1-5-6-13-10-20(25-4)11(2)16(17(18(13)22)19(20)23)12-7-8-14(21)15(9-12)24-3/h5,7-11,16-17,21H,1,6H2,2-4H3/t11-,16-,17-,20+/m0/s1. The summed E-state index contributed by atoms with van der Waals surface area (Å²) in [5.41, 5.74) is 0.245. The number of ketones is 2. The minimum atomic E-state index is -1.10. The number of ether oxygens (including phenoxy) is 2. The Bertz CT molecular complexity index is 778. The Morgan fingerprint density at radius 3 is 2.64 bits per heavy atom. The number of fused-ring (bicyclic) bond motifs is 2. The summed E-state index contributed by atoms with van der Waals surface area (Å²) < 4.78 is 10.8. The second kappa shape index (κ2) is 6.15. The number of phenols is 1. The van der Waals surface area contributed by atoms with Crippen molar-refractivity contribution in [1.82, 2.24) is 0 Å². The van der Waals surface area contributed by atoms with E-state index in [9.17, 15) is 14.7 Å². The third-order valence-corrected chi connectivity index (χ3v) is 5.52. The third kappa shape index (κ3) is 2.34. The van der Waals surface area contributed by atoms with Crippen LogP contribution in [0.5, 0.6) is 11.5 Å². The summed E-state index contributed by atoms with van der Waals surface area (Å²) in [5.74, 6) is -1.38. The Morgan fingerprint density at radius 1 is 1.32 bits per heavy atom. The lowest BCUT2D eigenvalue weighted by atomic mass is 9.80. The monoisotopic (exact) mass is 342 g/mol. The zero-order chi connectivity index (χ0) is 18.4. The van der Waals surface area contributed by atoms with Gasteiger partial charge in [-0.05, 0) is 35.8 Å². The first-order chi connectivity index (χ1) is 11.9. The van der Waals surface area contributed by atoms with Gasteiger partial charge in [-0.25, -0.2) is 0 Å². The fraction of sp³-hybridized carbons (Fsp3) is 0.400. The summed E-state index contributed by atoms with van der Waals surface area (Å²) in [5, 5.41) is 9.84. The maximum atomic E-state index is 13.0. The molecule has 2 aliphatic rings. The number of benzene rings is 1. The smallest absolute Gasteiger partial charge is 0.180 e. The van der Waals surface area contributed by atoms with Crippen LogP contribution in [0.4, 0.5) is 0 Å². The van der Waals surface area contributed by atoms with Gasteiger partial charge in [0.2, 0.25) is 0 Å². The molecule has 0 radical (unpaired) electrons. The van der Waals surface area contributed by atoms with E-state index in [2.05, 4.69) is 6.58 Å². The molecule has 0 aliphatic heterocycles. The van der Waals surface area contributed by atoms with E-state index in [0.717, 1.165) is 5.56 Å². The molecule has 1 N–H and O–H groups in total. The highest BCUT2D eigenvalue weighted by molar-refractivity contribution is 6.19. The number of allylic oxidation sites excluding steroid dienone is 2. The molecule has 0 aromatic heterocycles. The Morgan fingerprint density at radius 2 is 2.04 bits per heavy atom. The van der Waals surface area contributed by atoms with Gasteiger partial charge in [0.1, 0.15) is 5.60 Å². The van der Waals surface area contributed by atoms with Crippen molar-refractivity contribution >= 4 is 11.6 Å². The Balaban J connectivity index is 2.14. The number of carbonyl (C=O) groups excluding carboxylic acids is 2. The summed E-state index contributed by atoms with van der Waals surface area (Å²) in [6.07, 6.45) is 3.75. The number of phenolic OH excluding ortho intramolecular Hbond substituents is 1. The number of aromatic hydroxyl groups is 1. The largest absolute Gasteiger partial charge is 0.504 e. The van der Waals surface area contributed by atoms with Crippen LogP contribution in [0.25, 0.3) is 0 Å². The molecule has 5 heteroatoms. The molecule has 1 aromatic rings. The second-order valence-electron chi connectivity index (χ2n) is 6.61. The molecule has 0 heterocycles. The lowest BCUT2D eigenvalue weighted by Crippen LogP contribution is -2.45. The van der Waals surface area contributed by atoms with Crippen LogP contribution in [-0.2, 0) is 14.3 Å². The van der Waals surface area contributed by atoms with Crippen LogP contribution in [0.1, 0.15) is 24.8 Å². The van der Waals surface area contributed by atoms with E-state index in [-0.39, 0.29) is 29.2 Å². The molecular formula is C20H22O5. The van der Waals surface area contributed by atoms with E-state index in [0.29, 0.717) is 17.7 Å². The van der Waals surface area contributed by atoms with Crippen LogP contribution in [-0.4, -0.2) is 36.5 Å². The van der Waals surface area contributed by atoms with Gasteiger partial charge in [0.25, 0.3) is 0 Å². The van der Waals surface area contributed by atoms with Gasteiger partial charge < -0.3 is 14.6 Å². The zero-order valence-corrected chi connectivity index (χ0v) is 14.6. The Hall–Kier alpha value is -2.40. The van der Waals surface area contributed by atoms with E-state index in [1.54, 1.807) is 24.3 Å². The molecule has 1 fully saturated rings. The number of hydrogen-bond acceptors (Lipinski definition) is 5. The van der Waals surface area contributed by atoms with Crippen LogP contribution >= 0.6 is 0 Å². The quantitative estimate of drug-likeness (QED) is 0.658. The molecule has 0 saturated heterocycles. The minimum Gasteiger partial charge on any atom is -0.504 e. The Labute approximate surface area is 146 Å². The van der Waals surface area contributed by atoms with E-state index < -0.39 is 11.5 Å². The first kappa shape index (κ1) is 17.4. The second-order valence-corrected chi connectivity index (χ2v) is 6.61. The van der Waals surface area contributed by atoms with Crippen LogP contribution in [0, 0.1) is 11.8 Å². The highest BCUT2D eigenvalue weighted by atomic mass is 16.5. The van der Waals surface area contributed by atoms with E-state index in [1.165, 1.54) is 20.3 Å². The van der Waals surface area contributed by atoms with Gasteiger partial charge >= 0.3 is 0 Å². The van der Waals surface area contributed by atoms with Crippen molar-refractivity contribution in [1.29, 1.82) is 0 Å². The summed E-state index contributed by atoms with van der Waals surface area (Å²) in [4.78, 5) is 25.9. The molecule has 2 bridgehead atoms. The average Bonchev–Trinajstić information content (AvgIpc) is 2.76. The molecule has 25 heavy (non-hydrogen) atoms. The molecule has 1 saturated carbocycles. The van der Waals surface area contributed by atoms with Crippen LogP contribution < -0.4 is 4.74 Å². The third-order valence-electron chi connectivity index (χ3n) is 5.52. The van der Waals surface area contributed by atoms with Crippen LogP contribution in [0.2, 0.25) is 0 Å². The van der Waals surface area contributed by atoms with Crippen LogP contribution in [0.3, 0.4) is 0 Å². The fourth-order valence-electron chi connectivity index (χ4n) is 4.24. The van der Waals surface area contributed by atoms with Crippen molar-refractivity contribution < 1.29 is 24.2 Å². The summed E-state index contributed by atoms with van der Waals surface area (Å²) in [6, 6.07) is 4.95. The van der Waals surface area contributed by atoms with Crippen molar-refractivity contribution in [3.05, 3.63) is 48.1 Å². The predicted molar refractivity (Wildman–Crippen MR) is 92.7 cm³/mol. The van der Waals surface area contributed by atoms with Gasteiger partial charge in [-0.15, -0.1) is 6.58 Å². The Kier molecular flexibility index (Phi) is 4.29. The van der Waals surface area contributed by atoms with Crippen molar-refractivity contribution in [2.45, 2.75) is 24.9 Å². The number of methoxy groups -OCH3 is 2. The number of rotatable bonds is 5. The van der Waals surface area contributed by atoms with E-state index in [4.69, 9.17) is 9.47 Å². The van der Waals surface area contributed by atoms with E-state index >= 15 is 0 Å². The number of Topliss-reactive ketones (excluding diaryl/α,β-unsaturated/α-hetero) is 2.